The van der Waals surface area contributed by atoms with Crippen molar-refractivity contribution < 1.29 is 43.8 Å². The van der Waals surface area contributed by atoms with Gasteiger partial charge in [-0.2, -0.15) is 0 Å². The van der Waals surface area contributed by atoms with Gasteiger partial charge in [-0.25, -0.2) is 0 Å². The molecule has 246 valence electrons. The number of Topliss-reactive ketones (excluding diaryl/α,β-unsaturated/α-hetero) is 1. The van der Waals surface area contributed by atoms with Gasteiger partial charge in [0.1, 0.15) is 17.3 Å². The number of phenols is 2. The number of rotatable bonds is 13. The molecule has 0 saturated carbocycles. The van der Waals surface area contributed by atoms with Crippen LogP contribution >= 0.6 is 0 Å². The monoisotopic (exact) mass is 645 g/mol. The fourth-order valence-corrected chi connectivity index (χ4v) is 7.08. The number of hydrogen-bond donors (Lipinski definition) is 4. The van der Waals surface area contributed by atoms with Crippen LogP contribution in [-0.2, 0) is 14.3 Å². The number of aliphatic hydroxyl groups is 1. The van der Waals surface area contributed by atoms with Crippen LogP contribution in [0.1, 0.15) is 30.9 Å². The van der Waals surface area contributed by atoms with Gasteiger partial charge in [-0.05, 0) is 19.2 Å². The first kappa shape index (κ1) is 32.0. The molecule has 0 bridgehead atoms. The normalized spacial score (nSPS) is 14.3. The molecule has 0 heterocycles. The zero-order valence-corrected chi connectivity index (χ0v) is 26.7. The van der Waals surface area contributed by atoms with Crippen molar-refractivity contribution in [2.24, 2.45) is 0 Å². The molecule has 0 aromatic heterocycles. The summed E-state index contributed by atoms with van der Waals surface area (Å²) in [5.74, 6) is -1.60. The van der Waals surface area contributed by atoms with Crippen LogP contribution in [0.15, 0.2) is 27.3 Å². The fraction of sp³-hybridized carbons (Fsp3) is 0.343. The second-order valence-electron chi connectivity index (χ2n) is 11.4. The maximum atomic E-state index is 13.8. The van der Waals surface area contributed by atoms with Crippen molar-refractivity contribution in [2.45, 2.75) is 19.8 Å². The number of aliphatic hydroxyl groups excluding tert-OH is 1. The highest BCUT2D eigenvalue weighted by Crippen LogP contribution is 2.58. The largest absolute Gasteiger partial charge is 0.505 e. The quantitative estimate of drug-likeness (QED) is 0.0632. The lowest BCUT2D eigenvalue weighted by Crippen LogP contribution is -2.15. The Balaban J connectivity index is 1.81. The van der Waals surface area contributed by atoms with E-state index in [4.69, 9.17) is 28.8 Å². The molecule has 12 nitrogen and oxygen atoms in total. The van der Waals surface area contributed by atoms with Crippen molar-refractivity contribution in [3.63, 3.8) is 0 Å². The molecule has 0 spiro atoms. The molecular formula is C35H35NO11. The number of anilines is 1. The Morgan fingerprint density at radius 3 is 1.89 bits per heavy atom. The molecule has 0 radical (unpaired) electrons. The number of phenolic OH excluding ortho intramolecular Hbond substituents is 2. The minimum Gasteiger partial charge on any atom is -0.505 e. The van der Waals surface area contributed by atoms with E-state index in [9.17, 15) is 24.6 Å². The molecule has 0 fully saturated rings. The number of benzene rings is 5. The molecule has 6 rings (SSSR count). The van der Waals surface area contributed by atoms with Crippen LogP contribution in [0.2, 0.25) is 0 Å². The predicted molar refractivity (Wildman–Crippen MR) is 179 cm³/mol. The molecule has 1 aliphatic rings. The number of ketones is 1. The Labute approximate surface area is 268 Å². The zero-order chi connectivity index (χ0) is 33.7. The summed E-state index contributed by atoms with van der Waals surface area (Å²) in [5.41, 5.74) is 0.550. The van der Waals surface area contributed by atoms with Crippen LogP contribution < -0.4 is 30.4 Å². The van der Waals surface area contributed by atoms with Gasteiger partial charge in [-0.15, -0.1) is 0 Å². The molecule has 0 aliphatic heterocycles. The Kier molecular flexibility index (Phi) is 8.43. The smallest absolute Gasteiger partial charge is 0.194 e. The molecule has 12 heteroatoms. The molecule has 1 atom stereocenters. The van der Waals surface area contributed by atoms with E-state index in [1.54, 1.807) is 13.0 Å². The first-order valence-electron chi connectivity index (χ1n) is 15.1. The van der Waals surface area contributed by atoms with E-state index in [-0.39, 0.29) is 78.2 Å². The number of ether oxygens (including phenoxy) is 5. The number of allylic oxidation sites excluding steroid dienone is 1. The highest BCUT2D eigenvalue weighted by molar-refractivity contribution is 6.40. The van der Waals surface area contributed by atoms with Crippen LogP contribution in [0.5, 0.6) is 28.7 Å². The van der Waals surface area contributed by atoms with Gasteiger partial charge in [0.05, 0.1) is 76.7 Å². The third-order valence-corrected chi connectivity index (χ3v) is 8.81. The minimum absolute atomic E-state index is 0.00209. The fourth-order valence-electron chi connectivity index (χ4n) is 7.08. The zero-order valence-electron chi connectivity index (χ0n) is 26.7. The third-order valence-electron chi connectivity index (χ3n) is 8.81. The van der Waals surface area contributed by atoms with Gasteiger partial charge >= 0.3 is 0 Å². The summed E-state index contributed by atoms with van der Waals surface area (Å²) >= 11 is 0. The lowest BCUT2D eigenvalue weighted by molar-refractivity contribution is -0.117. The minimum atomic E-state index is -0.914. The number of carbonyl (C=O) groups excluding carboxylic acids is 1. The molecule has 4 N–H and O–H groups in total. The second-order valence-corrected chi connectivity index (χ2v) is 11.4. The summed E-state index contributed by atoms with van der Waals surface area (Å²) in [6.07, 6.45) is 1.77. The van der Waals surface area contributed by atoms with E-state index in [1.165, 1.54) is 40.4 Å². The van der Waals surface area contributed by atoms with Crippen LogP contribution in [0.25, 0.3) is 49.2 Å². The highest BCUT2D eigenvalue weighted by atomic mass is 16.5. The maximum absolute atomic E-state index is 13.8. The SMILES string of the molecule is COc1c(O)c2c(=O)cc(OC)c3c4c(OC)cc(=O)c5c(O)c(NCCOCCOCCO)c6c(c(c1C(C(C)=O)C(C)=C6)c23)c54. The van der Waals surface area contributed by atoms with Gasteiger partial charge in [0.25, 0.3) is 0 Å². The standard InChI is InChI=1S/C35H35NO11/c1-15-12-17-23-28-24(33(41)32(17)36-6-8-46-10-11-47-9-7-37)18(39)13-20(43-3)26(28)27-21(44-4)14-19(40)25-30(27)29(23)31(22(15)16(2)38)35(45-5)34(25)42/h12-14,22,36-37,41-42H,6-11H2,1-5H3. The summed E-state index contributed by atoms with van der Waals surface area (Å²) in [7, 11) is 4.17. The molecule has 0 saturated heterocycles. The number of aromatic hydroxyl groups is 2. The molecule has 1 unspecified atom stereocenters. The van der Waals surface area contributed by atoms with Crippen molar-refractivity contribution in [2.75, 3.05) is 66.2 Å². The highest BCUT2D eigenvalue weighted by Gasteiger charge is 2.37. The van der Waals surface area contributed by atoms with Gasteiger partial charge in [-0.1, -0.05) is 11.6 Å². The van der Waals surface area contributed by atoms with Gasteiger partial charge in [0.2, 0.25) is 0 Å². The Bertz CT molecular complexity index is 2210. The van der Waals surface area contributed by atoms with Gasteiger partial charge in [-0.3, -0.25) is 14.4 Å². The number of nitrogens with one attached hydrogen (secondary N) is 1. The first-order valence-corrected chi connectivity index (χ1v) is 15.1. The van der Waals surface area contributed by atoms with Gasteiger partial charge < -0.3 is 44.3 Å². The van der Waals surface area contributed by atoms with Crippen molar-refractivity contribution in [3.8, 4) is 28.7 Å². The number of carbonyl (C=O) groups is 1. The molecular weight excluding hydrogens is 610 g/mol. The van der Waals surface area contributed by atoms with E-state index in [1.807, 2.05) is 0 Å². The van der Waals surface area contributed by atoms with Gasteiger partial charge in [0, 0.05) is 56.7 Å². The van der Waals surface area contributed by atoms with Crippen LogP contribution in [-0.4, -0.2) is 82.0 Å². The van der Waals surface area contributed by atoms with Crippen molar-refractivity contribution in [3.05, 3.63) is 49.3 Å². The van der Waals surface area contributed by atoms with Crippen molar-refractivity contribution in [1.82, 2.24) is 0 Å². The topological polar surface area (TPSA) is 170 Å². The average Bonchev–Trinajstić information content (AvgIpc) is 3.17. The third kappa shape index (κ3) is 4.74. The summed E-state index contributed by atoms with van der Waals surface area (Å²) in [4.78, 5) is 41.0. The molecule has 5 aromatic carbocycles. The van der Waals surface area contributed by atoms with Crippen molar-refractivity contribution in [1.29, 1.82) is 0 Å². The Morgan fingerprint density at radius 1 is 0.766 bits per heavy atom. The predicted octanol–water partition coefficient (Wildman–Crippen LogP) is 3.86. The number of methoxy groups -OCH3 is 3. The summed E-state index contributed by atoms with van der Waals surface area (Å²) in [6.45, 7) is 4.32. The average molecular weight is 646 g/mol. The first-order chi connectivity index (χ1) is 22.6. The lowest BCUT2D eigenvalue weighted by atomic mass is 9.80. The lowest BCUT2D eigenvalue weighted by Gasteiger charge is -2.25. The summed E-state index contributed by atoms with van der Waals surface area (Å²) < 4.78 is 28.1. The summed E-state index contributed by atoms with van der Waals surface area (Å²) in [6, 6.07) is 2.52. The van der Waals surface area contributed by atoms with Crippen LogP contribution in [0.4, 0.5) is 5.69 Å². The van der Waals surface area contributed by atoms with Crippen molar-refractivity contribution >= 4 is 60.6 Å². The Hall–Kier alpha value is -4.91. The molecule has 5 aromatic rings. The maximum Gasteiger partial charge on any atom is 0.194 e. The van der Waals surface area contributed by atoms with E-state index < -0.39 is 22.5 Å². The van der Waals surface area contributed by atoms with E-state index >= 15 is 0 Å². The van der Waals surface area contributed by atoms with E-state index in [0.29, 0.717) is 55.6 Å². The Morgan fingerprint density at radius 2 is 1.34 bits per heavy atom. The van der Waals surface area contributed by atoms with Crippen LogP contribution in [0, 0.1) is 0 Å². The molecule has 1 aliphatic carbocycles. The number of hydrogen-bond acceptors (Lipinski definition) is 12. The molecule has 47 heavy (non-hydrogen) atoms. The van der Waals surface area contributed by atoms with E-state index in [0.717, 1.165) is 0 Å². The number of fused-ring (bicyclic) bond motifs is 1. The second kappa shape index (κ2) is 12.4. The van der Waals surface area contributed by atoms with Gasteiger partial charge in [0.15, 0.2) is 28.1 Å². The van der Waals surface area contributed by atoms with Crippen LogP contribution in [0.3, 0.4) is 0 Å². The van der Waals surface area contributed by atoms with E-state index in [2.05, 4.69) is 5.32 Å². The molecule has 0 amide bonds. The summed E-state index contributed by atoms with van der Waals surface area (Å²) in [5, 5.41) is 37.9.